The van der Waals surface area contributed by atoms with Crippen molar-refractivity contribution in [2.75, 3.05) is 24.5 Å². The standard InChI is InChI=1S/C14H19ClN4O3/c15-11-3-1-6-16-13(11)19-8-5-10(9-19)18-14(22)17-7-2-4-12(20)21/h1,3,6,10H,2,4-5,7-9H2,(H,20,21)(H2,17,18,22). The number of carboxylic acid groups (broad SMARTS) is 1. The summed E-state index contributed by atoms with van der Waals surface area (Å²) in [7, 11) is 0. The number of carbonyl (C=O) groups excluding carboxylic acids is 1. The lowest BCUT2D eigenvalue weighted by Gasteiger charge is -2.19. The van der Waals surface area contributed by atoms with Crippen molar-refractivity contribution < 1.29 is 14.7 Å². The summed E-state index contributed by atoms with van der Waals surface area (Å²) < 4.78 is 0. The molecule has 0 bridgehead atoms. The fourth-order valence-corrected chi connectivity index (χ4v) is 2.60. The maximum atomic E-state index is 11.7. The van der Waals surface area contributed by atoms with E-state index in [1.54, 1.807) is 18.3 Å². The van der Waals surface area contributed by atoms with Gasteiger partial charge in [-0.25, -0.2) is 9.78 Å². The summed E-state index contributed by atoms with van der Waals surface area (Å²) in [6.45, 7) is 1.78. The molecule has 3 N–H and O–H groups in total. The van der Waals surface area contributed by atoms with Gasteiger partial charge in [0.05, 0.1) is 5.02 Å². The lowest BCUT2D eigenvalue weighted by Crippen LogP contribution is -2.43. The van der Waals surface area contributed by atoms with Gasteiger partial charge in [-0.3, -0.25) is 4.79 Å². The van der Waals surface area contributed by atoms with Gasteiger partial charge in [0.2, 0.25) is 0 Å². The highest BCUT2D eigenvalue weighted by Gasteiger charge is 2.25. The Morgan fingerprint density at radius 2 is 2.32 bits per heavy atom. The summed E-state index contributed by atoms with van der Waals surface area (Å²) in [6, 6.07) is 3.32. The number of carboxylic acids is 1. The Kier molecular flexibility index (Phi) is 5.83. The highest BCUT2D eigenvalue weighted by Crippen LogP contribution is 2.25. The summed E-state index contributed by atoms with van der Waals surface area (Å²) >= 11 is 6.12. The molecule has 1 fully saturated rings. The molecular weight excluding hydrogens is 308 g/mol. The van der Waals surface area contributed by atoms with Crippen molar-refractivity contribution in [3.05, 3.63) is 23.4 Å². The number of pyridine rings is 1. The quantitative estimate of drug-likeness (QED) is 0.688. The third kappa shape index (κ3) is 4.77. The molecule has 1 atom stereocenters. The molecule has 8 heteroatoms. The first-order valence-electron chi connectivity index (χ1n) is 7.18. The van der Waals surface area contributed by atoms with Crippen LogP contribution in [0.15, 0.2) is 18.3 Å². The van der Waals surface area contributed by atoms with Crippen LogP contribution in [-0.4, -0.2) is 47.8 Å². The largest absolute Gasteiger partial charge is 0.481 e. The van der Waals surface area contributed by atoms with Crippen molar-refractivity contribution in [1.29, 1.82) is 0 Å². The van der Waals surface area contributed by atoms with Gasteiger partial charge in [-0.1, -0.05) is 11.6 Å². The van der Waals surface area contributed by atoms with E-state index >= 15 is 0 Å². The molecule has 22 heavy (non-hydrogen) atoms. The topological polar surface area (TPSA) is 94.6 Å². The molecule has 120 valence electrons. The number of carbonyl (C=O) groups is 2. The molecular formula is C14H19ClN4O3. The predicted molar refractivity (Wildman–Crippen MR) is 83.3 cm³/mol. The summed E-state index contributed by atoms with van der Waals surface area (Å²) in [6.07, 6.45) is 2.98. The van der Waals surface area contributed by atoms with E-state index in [-0.39, 0.29) is 18.5 Å². The maximum absolute atomic E-state index is 11.7. The van der Waals surface area contributed by atoms with Crippen LogP contribution in [-0.2, 0) is 4.79 Å². The first kappa shape index (κ1) is 16.4. The van der Waals surface area contributed by atoms with E-state index in [0.717, 1.165) is 18.8 Å². The average Bonchev–Trinajstić information content (AvgIpc) is 2.92. The van der Waals surface area contributed by atoms with Crippen LogP contribution in [0.5, 0.6) is 0 Å². The van der Waals surface area contributed by atoms with E-state index in [0.29, 0.717) is 24.5 Å². The van der Waals surface area contributed by atoms with Crippen LogP contribution >= 0.6 is 11.6 Å². The fraction of sp³-hybridized carbons (Fsp3) is 0.500. The summed E-state index contributed by atoms with van der Waals surface area (Å²) in [5, 5.41) is 14.6. The second-order valence-corrected chi connectivity index (χ2v) is 5.55. The molecule has 1 unspecified atom stereocenters. The zero-order valence-electron chi connectivity index (χ0n) is 12.1. The normalized spacial score (nSPS) is 17.3. The van der Waals surface area contributed by atoms with Gasteiger partial charge in [-0.15, -0.1) is 0 Å². The van der Waals surface area contributed by atoms with E-state index in [1.807, 2.05) is 4.90 Å². The summed E-state index contributed by atoms with van der Waals surface area (Å²) in [5.74, 6) is -0.129. The van der Waals surface area contributed by atoms with Crippen molar-refractivity contribution >= 4 is 29.4 Å². The van der Waals surface area contributed by atoms with Crippen LogP contribution in [0, 0.1) is 0 Å². The van der Waals surface area contributed by atoms with Crippen LogP contribution in [0.2, 0.25) is 5.02 Å². The lowest BCUT2D eigenvalue weighted by atomic mass is 10.3. The van der Waals surface area contributed by atoms with Crippen molar-refractivity contribution in [2.45, 2.75) is 25.3 Å². The molecule has 0 aliphatic carbocycles. The highest BCUT2D eigenvalue weighted by molar-refractivity contribution is 6.32. The molecule has 0 saturated carbocycles. The number of hydrogen-bond donors (Lipinski definition) is 3. The monoisotopic (exact) mass is 326 g/mol. The van der Waals surface area contributed by atoms with E-state index in [1.165, 1.54) is 0 Å². The average molecular weight is 327 g/mol. The van der Waals surface area contributed by atoms with Gasteiger partial charge in [0, 0.05) is 38.3 Å². The zero-order chi connectivity index (χ0) is 15.9. The third-order valence-electron chi connectivity index (χ3n) is 3.42. The van der Waals surface area contributed by atoms with Crippen LogP contribution in [0.3, 0.4) is 0 Å². The van der Waals surface area contributed by atoms with Crippen LogP contribution in [0.1, 0.15) is 19.3 Å². The fourth-order valence-electron chi connectivity index (χ4n) is 2.36. The number of anilines is 1. The Morgan fingerprint density at radius 3 is 3.05 bits per heavy atom. The van der Waals surface area contributed by atoms with E-state index in [4.69, 9.17) is 16.7 Å². The number of urea groups is 1. The Labute approximate surface area is 133 Å². The number of nitrogens with one attached hydrogen (secondary N) is 2. The number of aromatic nitrogens is 1. The van der Waals surface area contributed by atoms with Crippen LogP contribution < -0.4 is 15.5 Å². The number of aliphatic carboxylic acids is 1. The van der Waals surface area contributed by atoms with Gasteiger partial charge in [-0.05, 0) is 25.0 Å². The first-order valence-corrected chi connectivity index (χ1v) is 7.55. The highest BCUT2D eigenvalue weighted by atomic mass is 35.5. The van der Waals surface area contributed by atoms with E-state index < -0.39 is 5.97 Å². The van der Waals surface area contributed by atoms with E-state index in [9.17, 15) is 9.59 Å². The van der Waals surface area contributed by atoms with Crippen molar-refractivity contribution in [3.63, 3.8) is 0 Å². The number of amides is 2. The van der Waals surface area contributed by atoms with Gasteiger partial charge in [0.15, 0.2) is 0 Å². The SMILES string of the molecule is O=C(O)CCCNC(=O)NC1CCN(c2ncccc2Cl)C1. The summed E-state index contributed by atoms with van der Waals surface area (Å²) in [5.41, 5.74) is 0. The van der Waals surface area contributed by atoms with Gasteiger partial charge < -0.3 is 20.6 Å². The van der Waals surface area contributed by atoms with Crippen molar-refractivity contribution in [1.82, 2.24) is 15.6 Å². The summed E-state index contributed by atoms with van der Waals surface area (Å²) in [4.78, 5) is 28.4. The first-order chi connectivity index (χ1) is 10.6. The number of nitrogens with zero attached hydrogens (tertiary/aromatic N) is 2. The molecule has 1 saturated heterocycles. The van der Waals surface area contributed by atoms with Gasteiger partial charge >= 0.3 is 12.0 Å². The molecule has 0 aromatic carbocycles. The molecule has 1 aromatic rings. The van der Waals surface area contributed by atoms with Crippen LogP contribution in [0.25, 0.3) is 0 Å². The number of halogens is 1. The van der Waals surface area contributed by atoms with E-state index in [2.05, 4.69) is 15.6 Å². The minimum absolute atomic E-state index is 0.0255. The Balaban J connectivity index is 1.73. The second kappa shape index (κ2) is 7.84. The molecule has 2 rings (SSSR count). The molecule has 0 spiro atoms. The molecule has 7 nitrogen and oxygen atoms in total. The number of rotatable bonds is 6. The molecule has 2 amide bonds. The molecule has 1 aliphatic heterocycles. The molecule has 1 aromatic heterocycles. The smallest absolute Gasteiger partial charge is 0.315 e. The minimum Gasteiger partial charge on any atom is -0.481 e. The van der Waals surface area contributed by atoms with Gasteiger partial charge in [-0.2, -0.15) is 0 Å². The lowest BCUT2D eigenvalue weighted by molar-refractivity contribution is -0.137. The predicted octanol–water partition coefficient (Wildman–Crippen LogP) is 1.48. The number of hydrogen-bond acceptors (Lipinski definition) is 4. The minimum atomic E-state index is -0.860. The van der Waals surface area contributed by atoms with Gasteiger partial charge in [0.1, 0.15) is 5.82 Å². The van der Waals surface area contributed by atoms with Crippen molar-refractivity contribution in [3.8, 4) is 0 Å². The van der Waals surface area contributed by atoms with Crippen molar-refractivity contribution in [2.24, 2.45) is 0 Å². The maximum Gasteiger partial charge on any atom is 0.315 e. The van der Waals surface area contributed by atoms with Crippen LogP contribution in [0.4, 0.5) is 10.6 Å². The Bertz CT molecular complexity index is 541. The Hall–Kier alpha value is -2.02. The molecule has 1 aliphatic rings. The Morgan fingerprint density at radius 1 is 1.50 bits per heavy atom. The van der Waals surface area contributed by atoms with Gasteiger partial charge in [0.25, 0.3) is 0 Å². The molecule has 2 heterocycles. The zero-order valence-corrected chi connectivity index (χ0v) is 12.8. The second-order valence-electron chi connectivity index (χ2n) is 5.14. The molecule has 0 radical (unpaired) electrons. The third-order valence-corrected chi connectivity index (χ3v) is 3.71.